The lowest BCUT2D eigenvalue weighted by atomic mass is 10.1. The summed E-state index contributed by atoms with van der Waals surface area (Å²) in [5.41, 5.74) is -0.374. The average Bonchev–Trinajstić information content (AvgIpc) is 2.81. The van der Waals surface area contributed by atoms with Crippen LogP contribution in [0.1, 0.15) is 10.4 Å². The molecule has 1 heterocycles. The highest BCUT2D eigenvalue weighted by Crippen LogP contribution is 2.21. The van der Waals surface area contributed by atoms with Gasteiger partial charge in [0.2, 0.25) is 0 Å². The predicted molar refractivity (Wildman–Crippen MR) is 121 cm³/mol. The number of methoxy groups -OCH3 is 1. The van der Waals surface area contributed by atoms with Crippen LogP contribution in [-0.2, 0) is 4.74 Å². The molecule has 9 nitrogen and oxygen atoms in total. The number of benzene rings is 3. The third kappa shape index (κ3) is 4.35. The molecule has 4 rings (SSSR count). The van der Waals surface area contributed by atoms with Crippen molar-refractivity contribution in [1.82, 2.24) is 9.55 Å². The summed E-state index contributed by atoms with van der Waals surface area (Å²) in [7, 11) is 1.14. The van der Waals surface area contributed by atoms with E-state index >= 15 is 0 Å². The number of carbonyl (C=O) groups is 2. The van der Waals surface area contributed by atoms with E-state index in [0.29, 0.717) is 5.69 Å². The molecule has 2 amide bonds. The Kier molecular flexibility index (Phi) is 5.73. The summed E-state index contributed by atoms with van der Waals surface area (Å²) < 4.78 is 19.3. The minimum absolute atomic E-state index is 0.154. The molecule has 0 aliphatic carbocycles. The topological polar surface area (TPSA) is 122 Å². The summed E-state index contributed by atoms with van der Waals surface area (Å²) in [5.74, 6) is -1.28. The second-order valence-corrected chi connectivity index (χ2v) is 6.93. The number of rotatable bonds is 4. The first kappa shape index (κ1) is 21.5. The van der Waals surface area contributed by atoms with E-state index in [9.17, 15) is 23.6 Å². The maximum absolute atomic E-state index is 13.9. The van der Waals surface area contributed by atoms with Gasteiger partial charge in [-0.05, 0) is 48.5 Å². The smallest absolute Gasteiger partial charge is 0.411 e. The molecular formula is C23H17FN4O5. The molecule has 0 bridgehead atoms. The first-order valence-corrected chi connectivity index (χ1v) is 9.68. The number of halogens is 1. The van der Waals surface area contributed by atoms with E-state index in [1.807, 2.05) is 0 Å². The van der Waals surface area contributed by atoms with Crippen molar-refractivity contribution in [1.29, 1.82) is 0 Å². The zero-order valence-electron chi connectivity index (χ0n) is 17.2. The van der Waals surface area contributed by atoms with Crippen molar-refractivity contribution in [2.75, 3.05) is 17.7 Å². The van der Waals surface area contributed by atoms with Gasteiger partial charge in [-0.3, -0.25) is 14.9 Å². The third-order valence-corrected chi connectivity index (χ3v) is 4.82. The van der Waals surface area contributed by atoms with E-state index in [1.54, 1.807) is 30.3 Å². The van der Waals surface area contributed by atoms with E-state index in [2.05, 4.69) is 20.4 Å². The highest BCUT2D eigenvalue weighted by Gasteiger charge is 2.14. The van der Waals surface area contributed by atoms with Crippen LogP contribution in [0.4, 0.5) is 20.6 Å². The molecule has 1 aromatic heterocycles. The molecule has 3 aromatic carbocycles. The minimum Gasteiger partial charge on any atom is -0.453 e. The third-order valence-electron chi connectivity index (χ3n) is 4.82. The number of aromatic nitrogens is 2. The monoisotopic (exact) mass is 448 g/mol. The van der Waals surface area contributed by atoms with Crippen molar-refractivity contribution in [2.45, 2.75) is 0 Å². The summed E-state index contributed by atoms with van der Waals surface area (Å²) in [6.07, 6.45) is -0.864. The average molecular weight is 448 g/mol. The van der Waals surface area contributed by atoms with Crippen LogP contribution in [0.15, 0.2) is 76.3 Å². The Labute approximate surface area is 185 Å². The van der Waals surface area contributed by atoms with E-state index in [4.69, 9.17) is 0 Å². The van der Waals surface area contributed by atoms with Crippen LogP contribution in [-0.4, -0.2) is 28.7 Å². The number of fused-ring (bicyclic) bond motifs is 1. The van der Waals surface area contributed by atoms with Gasteiger partial charge >= 0.3 is 11.8 Å². The van der Waals surface area contributed by atoms with Crippen LogP contribution in [0, 0.1) is 5.82 Å². The molecule has 33 heavy (non-hydrogen) atoms. The Balaban J connectivity index is 1.65. The second-order valence-electron chi connectivity index (χ2n) is 6.93. The molecule has 0 radical (unpaired) electrons. The maximum atomic E-state index is 13.9. The molecule has 0 atom stereocenters. The molecule has 3 N–H and O–H groups in total. The van der Waals surface area contributed by atoms with Crippen molar-refractivity contribution in [2.24, 2.45) is 0 Å². The Morgan fingerprint density at radius 1 is 0.970 bits per heavy atom. The van der Waals surface area contributed by atoms with Crippen molar-refractivity contribution < 1.29 is 18.7 Å². The lowest BCUT2D eigenvalue weighted by Crippen LogP contribution is -2.33. The molecule has 0 aliphatic rings. The van der Waals surface area contributed by atoms with Gasteiger partial charge < -0.3 is 15.0 Å². The molecule has 0 saturated carbocycles. The number of nitrogens with zero attached hydrogens (tertiary/aromatic N) is 1. The normalized spacial score (nSPS) is 10.6. The van der Waals surface area contributed by atoms with Crippen LogP contribution in [0.25, 0.3) is 16.6 Å². The van der Waals surface area contributed by atoms with Gasteiger partial charge in [0, 0.05) is 11.3 Å². The standard InChI is InChI=1S/C23H17FN4O5/c1-33-23(32)27-19-12-14(8-10-17(19)24)25-20(29)13-7-9-16-18(11-13)26-22(31)28(21(16)30)15-5-3-2-4-6-15/h2-12H,1H3,(H,25,29)(H,26,31)(H,27,32). The number of anilines is 2. The number of hydrogen-bond acceptors (Lipinski definition) is 5. The van der Waals surface area contributed by atoms with Gasteiger partial charge in [0.05, 0.1) is 29.4 Å². The maximum Gasteiger partial charge on any atom is 0.411 e. The Hall–Kier alpha value is -4.73. The van der Waals surface area contributed by atoms with Crippen LogP contribution in [0.3, 0.4) is 0 Å². The van der Waals surface area contributed by atoms with Crippen molar-refractivity contribution >= 4 is 34.3 Å². The number of carbonyl (C=O) groups excluding carboxylic acids is 2. The summed E-state index contributed by atoms with van der Waals surface area (Å²) >= 11 is 0. The predicted octanol–water partition coefficient (Wildman–Crippen LogP) is 3.25. The number of amides is 2. The lowest BCUT2D eigenvalue weighted by molar-refractivity contribution is 0.102. The first-order valence-electron chi connectivity index (χ1n) is 9.68. The molecule has 0 unspecified atom stereocenters. The number of hydrogen-bond donors (Lipinski definition) is 3. The van der Waals surface area contributed by atoms with Gasteiger partial charge in [-0.25, -0.2) is 18.5 Å². The SMILES string of the molecule is COC(=O)Nc1cc(NC(=O)c2ccc3c(=O)n(-c4ccccc4)c(=O)[nH]c3c2)ccc1F. The highest BCUT2D eigenvalue weighted by atomic mass is 19.1. The molecule has 0 fully saturated rings. The molecular weight excluding hydrogens is 431 g/mol. The van der Waals surface area contributed by atoms with Crippen LogP contribution in [0.5, 0.6) is 0 Å². The van der Waals surface area contributed by atoms with Gasteiger partial charge in [-0.15, -0.1) is 0 Å². The molecule has 0 aliphatic heterocycles. The van der Waals surface area contributed by atoms with Crippen LogP contribution >= 0.6 is 0 Å². The number of nitrogens with one attached hydrogen (secondary N) is 3. The fourth-order valence-corrected chi connectivity index (χ4v) is 3.23. The Morgan fingerprint density at radius 3 is 2.45 bits per heavy atom. The molecule has 166 valence electrons. The van der Waals surface area contributed by atoms with Crippen molar-refractivity contribution in [3.8, 4) is 5.69 Å². The number of ether oxygens (including phenoxy) is 1. The zero-order chi connectivity index (χ0) is 23.5. The Bertz CT molecular complexity index is 1490. The largest absolute Gasteiger partial charge is 0.453 e. The number of H-pyrrole nitrogens is 1. The van der Waals surface area contributed by atoms with Gasteiger partial charge in [-0.2, -0.15) is 0 Å². The Morgan fingerprint density at radius 2 is 1.73 bits per heavy atom. The van der Waals surface area contributed by atoms with E-state index in [1.165, 1.54) is 30.3 Å². The first-order chi connectivity index (χ1) is 15.9. The molecule has 0 saturated heterocycles. The van der Waals surface area contributed by atoms with Crippen LogP contribution < -0.4 is 21.9 Å². The summed E-state index contributed by atoms with van der Waals surface area (Å²) in [4.78, 5) is 52.1. The minimum atomic E-state index is -0.864. The van der Waals surface area contributed by atoms with Gasteiger partial charge in [0.25, 0.3) is 11.5 Å². The van der Waals surface area contributed by atoms with Crippen LogP contribution in [0.2, 0.25) is 0 Å². The second kappa shape index (κ2) is 8.79. The molecule has 0 spiro atoms. The van der Waals surface area contributed by atoms with Crippen molar-refractivity contribution in [3.63, 3.8) is 0 Å². The van der Waals surface area contributed by atoms with Gasteiger partial charge in [-0.1, -0.05) is 18.2 Å². The summed E-state index contributed by atoms with van der Waals surface area (Å²) in [6.45, 7) is 0. The number of para-hydroxylation sites is 1. The molecule has 10 heteroatoms. The lowest BCUT2D eigenvalue weighted by Gasteiger charge is -2.10. The van der Waals surface area contributed by atoms with Gasteiger partial charge in [0.1, 0.15) is 5.82 Å². The quantitative estimate of drug-likeness (QED) is 0.442. The van der Waals surface area contributed by atoms with E-state index in [0.717, 1.165) is 17.7 Å². The molecule has 4 aromatic rings. The van der Waals surface area contributed by atoms with E-state index in [-0.39, 0.29) is 27.8 Å². The zero-order valence-corrected chi connectivity index (χ0v) is 17.2. The number of aromatic amines is 1. The van der Waals surface area contributed by atoms with E-state index < -0.39 is 29.1 Å². The fraction of sp³-hybridized carbons (Fsp3) is 0.0435. The fourth-order valence-electron chi connectivity index (χ4n) is 3.23. The van der Waals surface area contributed by atoms with Gasteiger partial charge in [0.15, 0.2) is 0 Å². The summed E-state index contributed by atoms with van der Waals surface area (Å²) in [6, 6.07) is 16.3. The van der Waals surface area contributed by atoms with Crippen molar-refractivity contribution in [3.05, 3.63) is 98.9 Å². The highest BCUT2D eigenvalue weighted by molar-refractivity contribution is 6.06. The summed E-state index contributed by atoms with van der Waals surface area (Å²) in [5, 5.41) is 5.00.